The van der Waals surface area contributed by atoms with Gasteiger partial charge in [-0.1, -0.05) is 13.8 Å². The maximum Gasteiger partial charge on any atom is 0.186 e. The number of aromatic nitrogens is 1. The van der Waals surface area contributed by atoms with Crippen molar-refractivity contribution in [1.29, 1.82) is 0 Å². The van der Waals surface area contributed by atoms with Crippen LogP contribution in [-0.2, 0) is 14.6 Å². The summed E-state index contributed by atoms with van der Waals surface area (Å²) in [7, 11) is -3.54. The minimum absolute atomic E-state index is 0.120. The van der Waals surface area contributed by atoms with Crippen LogP contribution in [-0.4, -0.2) is 24.9 Å². The molecule has 0 amide bonds. The van der Waals surface area contributed by atoms with Gasteiger partial charge in [0.15, 0.2) is 9.84 Å². The molecule has 1 aromatic rings. The van der Waals surface area contributed by atoms with Crippen LogP contribution in [0, 0.1) is 12.8 Å². The molecule has 0 bridgehead atoms. The minimum Gasteiger partial charge on any atom is -0.299 e. The lowest BCUT2D eigenvalue weighted by atomic mass is 10.1. The van der Waals surface area contributed by atoms with Crippen molar-refractivity contribution in [2.24, 2.45) is 5.92 Å². The third kappa shape index (κ3) is 4.26. The van der Waals surface area contributed by atoms with Crippen molar-refractivity contribution < 1.29 is 13.2 Å². The summed E-state index contributed by atoms with van der Waals surface area (Å²) < 4.78 is 23.8. The van der Waals surface area contributed by atoms with Crippen LogP contribution in [0.25, 0.3) is 0 Å². The van der Waals surface area contributed by atoms with Crippen molar-refractivity contribution in [2.75, 3.05) is 5.75 Å². The number of hydrogen-bond acceptors (Lipinski definition) is 4. The van der Waals surface area contributed by atoms with Gasteiger partial charge in [-0.25, -0.2) is 8.42 Å². The summed E-state index contributed by atoms with van der Waals surface area (Å²) in [5.41, 5.74) is 0.766. The van der Waals surface area contributed by atoms with Crippen LogP contribution < -0.4 is 0 Å². The van der Waals surface area contributed by atoms with E-state index < -0.39 is 15.6 Å². The Hall–Kier alpha value is -1.23. The number of pyridine rings is 1. The molecule has 0 atom stereocenters. The molecule has 0 fully saturated rings. The van der Waals surface area contributed by atoms with E-state index in [1.54, 1.807) is 13.1 Å². The zero-order valence-electron chi connectivity index (χ0n) is 10.3. The highest BCUT2D eigenvalue weighted by atomic mass is 32.2. The van der Waals surface area contributed by atoms with E-state index >= 15 is 0 Å². The van der Waals surface area contributed by atoms with Crippen molar-refractivity contribution in [3.05, 3.63) is 24.0 Å². The van der Waals surface area contributed by atoms with Gasteiger partial charge in [-0.15, -0.1) is 0 Å². The molecule has 1 aromatic heterocycles. The topological polar surface area (TPSA) is 64.1 Å². The second-order valence-electron chi connectivity index (χ2n) is 4.59. The van der Waals surface area contributed by atoms with Crippen LogP contribution >= 0.6 is 0 Å². The zero-order valence-corrected chi connectivity index (χ0v) is 11.1. The van der Waals surface area contributed by atoms with Crippen LogP contribution in [0.15, 0.2) is 23.4 Å². The van der Waals surface area contributed by atoms with Crippen molar-refractivity contribution in [3.63, 3.8) is 0 Å². The van der Waals surface area contributed by atoms with Gasteiger partial charge in [0.25, 0.3) is 0 Å². The number of rotatable bonds is 5. The second-order valence-corrected chi connectivity index (χ2v) is 6.58. The Morgan fingerprint density at radius 1 is 1.35 bits per heavy atom. The number of carbonyl (C=O) groups is 1. The molecule has 0 aromatic carbocycles. The Balaban J connectivity index is 2.86. The first-order chi connectivity index (χ1) is 7.81. The highest BCUT2D eigenvalue weighted by Gasteiger charge is 2.20. The van der Waals surface area contributed by atoms with Gasteiger partial charge in [0.05, 0.1) is 4.90 Å². The van der Waals surface area contributed by atoms with Gasteiger partial charge in [-0.2, -0.15) is 0 Å². The Labute approximate surface area is 102 Å². The number of sulfone groups is 1. The Bertz CT molecular complexity index is 506. The molecule has 0 saturated heterocycles. The first kappa shape index (κ1) is 13.8. The van der Waals surface area contributed by atoms with Gasteiger partial charge < -0.3 is 0 Å². The number of Topliss-reactive ketones (excluding diaryl/α,β-unsaturated/α-hetero) is 1. The van der Waals surface area contributed by atoms with Crippen LogP contribution in [0.4, 0.5) is 0 Å². The first-order valence-corrected chi connectivity index (χ1v) is 7.12. The summed E-state index contributed by atoms with van der Waals surface area (Å²) >= 11 is 0. The fourth-order valence-corrected chi connectivity index (χ4v) is 2.80. The summed E-state index contributed by atoms with van der Waals surface area (Å²) in [5, 5.41) is 0. The number of carbonyl (C=O) groups excluding carboxylic acids is 1. The average molecular weight is 255 g/mol. The fraction of sp³-hybridized carbons (Fsp3) is 0.500. The number of ketones is 1. The molecule has 0 saturated carbocycles. The molecule has 94 valence electrons. The summed E-state index contributed by atoms with van der Waals surface area (Å²) in [6, 6.07) is 1.53. The molecule has 0 radical (unpaired) electrons. The lowest BCUT2D eigenvalue weighted by molar-refractivity contribution is -0.117. The van der Waals surface area contributed by atoms with Crippen molar-refractivity contribution in [2.45, 2.75) is 32.1 Å². The van der Waals surface area contributed by atoms with Gasteiger partial charge >= 0.3 is 0 Å². The van der Waals surface area contributed by atoms with E-state index in [1.807, 2.05) is 13.8 Å². The van der Waals surface area contributed by atoms with E-state index in [4.69, 9.17) is 0 Å². The number of hydrogen-bond donors (Lipinski definition) is 0. The Morgan fingerprint density at radius 2 is 2.00 bits per heavy atom. The Morgan fingerprint density at radius 3 is 2.53 bits per heavy atom. The molecule has 1 heterocycles. The maximum absolute atomic E-state index is 11.9. The lowest BCUT2D eigenvalue weighted by Crippen LogP contribution is -2.17. The smallest absolute Gasteiger partial charge is 0.186 e. The predicted octanol–water partition coefficient (Wildman–Crippen LogP) is 1.78. The SMILES string of the molecule is Cc1cncc(S(=O)(=O)CC(=O)CC(C)C)c1. The molecule has 0 unspecified atom stereocenters. The molecule has 17 heavy (non-hydrogen) atoms. The predicted molar refractivity (Wildman–Crippen MR) is 65.5 cm³/mol. The van der Waals surface area contributed by atoms with E-state index in [2.05, 4.69) is 4.98 Å². The van der Waals surface area contributed by atoms with E-state index in [0.29, 0.717) is 6.42 Å². The van der Waals surface area contributed by atoms with Crippen LogP contribution in [0.5, 0.6) is 0 Å². The van der Waals surface area contributed by atoms with Gasteiger partial charge in [0.2, 0.25) is 0 Å². The van der Waals surface area contributed by atoms with E-state index in [0.717, 1.165) is 5.56 Å². The quantitative estimate of drug-likeness (QED) is 0.804. The highest BCUT2D eigenvalue weighted by molar-refractivity contribution is 7.92. The third-order valence-electron chi connectivity index (χ3n) is 2.20. The van der Waals surface area contributed by atoms with Gasteiger partial charge in [0, 0.05) is 18.8 Å². The molecular weight excluding hydrogens is 238 g/mol. The Kier molecular flexibility index (Phi) is 4.40. The molecule has 0 aliphatic heterocycles. The second kappa shape index (κ2) is 5.40. The monoisotopic (exact) mass is 255 g/mol. The summed E-state index contributed by atoms with van der Waals surface area (Å²) in [4.78, 5) is 15.5. The van der Waals surface area contributed by atoms with E-state index in [9.17, 15) is 13.2 Å². The van der Waals surface area contributed by atoms with Gasteiger partial charge in [-0.3, -0.25) is 9.78 Å². The van der Waals surface area contributed by atoms with Crippen molar-refractivity contribution in [3.8, 4) is 0 Å². The van der Waals surface area contributed by atoms with E-state index in [1.165, 1.54) is 12.3 Å². The lowest BCUT2D eigenvalue weighted by Gasteiger charge is -2.06. The van der Waals surface area contributed by atoms with Crippen LogP contribution in [0.1, 0.15) is 25.8 Å². The van der Waals surface area contributed by atoms with Crippen molar-refractivity contribution >= 4 is 15.6 Å². The molecule has 0 aliphatic carbocycles. The standard InChI is InChI=1S/C12H17NO3S/c1-9(2)4-11(14)8-17(15,16)12-5-10(3)6-13-7-12/h5-7,9H,4,8H2,1-3H3. The van der Waals surface area contributed by atoms with Gasteiger partial charge in [-0.05, 0) is 24.5 Å². The summed E-state index contributed by atoms with van der Waals surface area (Å²) in [6.07, 6.45) is 3.15. The number of nitrogens with zero attached hydrogens (tertiary/aromatic N) is 1. The van der Waals surface area contributed by atoms with Crippen molar-refractivity contribution in [1.82, 2.24) is 4.98 Å². The van der Waals surface area contributed by atoms with E-state index in [-0.39, 0.29) is 16.6 Å². The summed E-state index contributed by atoms with van der Waals surface area (Å²) in [6.45, 7) is 5.54. The first-order valence-electron chi connectivity index (χ1n) is 5.47. The minimum atomic E-state index is -3.54. The molecule has 0 spiro atoms. The van der Waals surface area contributed by atoms with Crippen LogP contribution in [0.2, 0.25) is 0 Å². The molecular formula is C12H17NO3S. The summed E-state index contributed by atoms with van der Waals surface area (Å²) in [5.74, 6) is -0.508. The zero-order chi connectivity index (χ0) is 13.1. The third-order valence-corrected chi connectivity index (χ3v) is 3.84. The highest BCUT2D eigenvalue weighted by Crippen LogP contribution is 2.13. The number of aryl methyl sites for hydroxylation is 1. The van der Waals surface area contributed by atoms with Gasteiger partial charge in [0.1, 0.15) is 11.5 Å². The maximum atomic E-state index is 11.9. The van der Waals surface area contributed by atoms with Crippen LogP contribution in [0.3, 0.4) is 0 Å². The molecule has 1 rings (SSSR count). The molecule has 0 aliphatic rings. The molecule has 0 N–H and O–H groups in total. The largest absolute Gasteiger partial charge is 0.299 e. The normalized spacial score (nSPS) is 11.8. The average Bonchev–Trinajstić information content (AvgIpc) is 2.15. The fourth-order valence-electron chi connectivity index (χ4n) is 1.51. The molecule has 5 heteroatoms. The molecule has 4 nitrogen and oxygen atoms in total.